The highest BCUT2D eigenvalue weighted by Gasteiger charge is 2.10. The third-order valence-electron chi connectivity index (χ3n) is 2.67. The van der Waals surface area contributed by atoms with E-state index in [1.54, 1.807) is 6.20 Å². The summed E-state index contributed by atoms with van der Waals surface area (Å²) in [6.45, 7) is 2.16. The summed E-state index contributed by atoms with van der Waals surface area (Å²) in [6.07, 6.45) is 3.03. The fraction of sp³-hybridized carbons (Fsp3) is 0.250. The summed E-state index contributed by atoms with van der Waals surface area (Å²) in [5, 5.41) is 9.66. The van der Waals surface area contributed by atoms with Gasteiger partial charge in [-0.05, 0) is 40.5 Å². The van der Waals surface area contributed by atoms with Gasteiger partial charge in [0.15, 0.2) is 0 Å². The molecule has 0 aliphatic rings. The lowest BCUT2D eigenvalue weighted by atomic mass is 10.1. The molecular weight excluding hydrogens is 282 g/mol. The van der Waals surface area contributed by atoms with E-state index in [4.69, 9.17) is 5.73 Å². The van der Waals surface area contributed by atoms with Gasteiger partial charge in [0, 0.05) is 23.4 Å². The van der Waals surface area contributed by atoms with Gasteiger partial charge in [0.25, 0.3) is 0 Å². The van der Waals surface area contributed by atoms with Gasteiger partial charge < -0.3 is 15.4 Å². The number of rotatable bonds is 3. The number of aliphatic hydroxyl groups is 1. The predicted octanol–water partition coefficient (Wildman–Crippen LogP) is 1.94. The third kappa shape index (κ3) is 2.41. The lowest BCUT2D eigenvalue weighted by Gasteiger charge is -2.12. The van der Waals surface area contributed by atoms with Crippen LogP contribution in [0, 0.1) is 6.92 Å². The summed E-state index contributed by atoms with van der Waals surface area (Å²) in [7, 11) is 0. The Hall–Kier alpha value is -1.17. The highest BCUT2D eigenvalue weighted by atomic mass is 79.9. The van der Waals surface area contributed by atoms with Crippen LogP contribution in [0.25, 0.3) is 5.69 Å². The first kappa shape index (κ1) is 12.3. The predicted molar refractivity (Wildman–Crippen MR) is 70.0 cm³/mol. The monoisotopic (exact) mass is 295 g/mol. The first-order chi connectivity index (χ1) is 8.13. The van der Waals surface area contributed by atoms with Gasteiger partial charge in [0.2, 0.25) is 0 Å². The number of aryl methyl sites for hydroxylation is 1. The fourth-order valence-corrected chi connectivity index (χ4v) is 2.28. The van der Waals surface area contributed by atoms with Crippen molar-refractivity contribution >= 4 is 15.9 Å². The number of nitrogens with zero attached hydrogens (tertiary/aromatic N) is 2. The molecule has 90 valence electrons. The number of aliphatic hydroxyl groups excluding tert-OH is 1. The Kier molecular flexibility index (Phi) is 3.61. The molecule has 2 aromatic rings. The van der Waals surface area contributed by atoms with Crippen LogP contribution in [0.3, 0.4) is 0 Å². The smallest absolute Gasteiger partial charge is 0.110 e. The number of nitrogens with two attached hydrogens (primary N) is 1. The SMILES string of the molecule is Cc1nccn1-c1ccc(C(O)CN)cc1Br. The Morgan fingerprint density at radius 2 is 2.29 bits per heavy atom. The van der Waals surface area contributed by atoms with E-state index in [1.807, 2.05) is 35.9 Å². The molecule has 5 heteroatoms. The van der Waals surface area contributed by atoms with E-state index in [1.165, 1.54) is 0 Å². The summed E-state index contributed by atoms with van der Waals surface area (Å²) in [6, 6.07) is 5.69. The van der Waals surface area contributed by atoms with Crippen molar-refractivity contribution in [1.29, 1.82) is 0 Å². The van der Waals surface area contributed by atoms with Gasteiger partial charge in [-0.1, -0.05) is 6.07 Å². The average Bonchev–Trinajstić information content (AvgIpc) is 2.74. The van der Waals surface area contributed by atoms with Crippen molar-refractivity contribution < 1.29 is 5.11 Å². The first-order valence-electron chi connectivity index (χ1n) is 5.31. The molecule has 0 fully saturated rings. The molecule has 0 aliphatic carbocycles. The Labute approximate surface area is 108 Å². The molecule has 0 saturated carbocycles. The number of hydrogen-bond donors (Lipinski definition) is 2. The van der Waals surface area contributed by atoms with Crippen LogP contribution in [0.1, 0.15) is 17.5 Å². The summed E-state index contributed by atoms with van der Waals surface area (Å²) < 4.78 is 2.88. The van der Waals surface area contributed by atoms with Gasteiger partial charge in [0.05, 0.1) is 11.8 Å². The number of imidazole rings is 1. The van der Waals surface area contributed by atoms with E-state index in [2.05, 4.69) is 20.9 Å². The van der Waals surface area contributed by atoms with Crippen LogP contribution in [0.4, 0.5) is 0 Å². The summed E-state index contributed by atoms with van der Waals surface area (Å²) >= 11 is 3.50. The van der Waals surface area contributed by atoms with Gasteiger partial charge in [-0.25, -0.2) is 4.98 Å². The van der Waals surface area contributed by atoms with Crippen molar-refractivity contribution in [3.05, 3.63) is 46.5 Å². The standard InChI is InChI=1S/C12H14BrN3O/c1-8-15-4-5-16(8)11-3-2-9(6-10(11)13)12(17)7-14/h2-6,12,17H,7,14H2,1H3. The van der Waals surface area contributed by atoms with Crippen molar-refractivity contribution in [2.45, 2.75) is 13.0 Å². The lowest BCUT2D eigenvalue weighted by molar-refractivity contribution is 0.186. The lowest BCUT2D eigenvalue weighted by Crippen LogP contribution is -2.11. The minimum absolute atomic E-state index is 0.218. The summed E-state index contributed by atoms with van der Waals surface area (Å²) in [5.74, 6) is 0.915. The molecule has 0 amide bonds. The third-order valence-corrected chi connectivity index (χ3v) is 3.30. The van der Waals surface area contributed by atoms with Crippen LogP contribution in [0.2, 0.25) is 0 Å². The minimum atomic E-state index is -0.621. The van der Waals surface area contributed by atoms with Crippen LogP contribution < -0.4 is 5.73 Å². The second-order valence-electron chi connectivity index (χ2n) is 3.81. The van der Waals surface area contributed by atoms with Gasteiger partial charge >= 0.3 is 0 Å². The highest BCUT2D eigenvalue weighted by Crippen LogP contribution is 2.25. The maximum atomic E-state index is 9.66. The van der Waals surface area contributed by atoms with Gasteiger partial charge in [0.1, 0.15) is 5.82 Å². The van der Waals surface area contributed by atoms with E-state index < -0.39 is 6.10 Å². The maximum Gasteiger partial charge on any atom is 0.110 e. The molecule has 0 spiro atoms. The Balaban J connectivity index is 2.42. The molecule has 0 radical (unpaired) electrons. The molecule has 0 aliphatic heterocycles. The second-order valence-corrected chi connectivity index (χ2v) is 4.66. The zero-order valence-electron chi connectivity index (χ0n) is 9.47. The molecule has 3 N–H and O–H groups in total. The molecule has 1 unspecified atom stereocenters. The molecular formula is C12H14BrN3O. The Morgan fingerprint density at radius 1 is 1.53 bits per heavy atom. The van der Waals surface area contributed by atoms with Crippen LogP contribution in [0.15, 0.2) is 35.1 Å². The Morgan fingerprint density at radius 3 is 2.82 bits per heavy atom. The van der Waals surface area contributed by atoms with Crippen LogP contribution >= 0.6 is 15.9 Å². The van der Waals surface area contributed by atoms with Crippen molar-refractivity contribution in [1.82, 2.24) is 9.55 Å². The van der Waals surface area contributed by atoms with Crippen molar-refractivity contribution in [3.63, 3.8) is 0 Å². The van der Waals surface area contributed by atoms with Crippen molar-refractivity contribution in [2.24, 2.45) is 5.73 Å². The number of hydrogen-bond acceptors (Lipinski definition) is 3. The first-order valence-corrected chi connectivity index (χ1v) is 6.10. The maximum absolute atomic E-state index is 9.66. The average molecular weight is 296 g/mol. The zero-order valence-corrected chi connectivity index (χ0v) is 11.1. The molecule has 1 heterocycles. The number of halogens is 1. The second kappa shape index (κ2) is 5.00. The molecule has 4 nitrogen and oxygen atoms in total. The molecule has 1 aromatic heterocycles. The van der Waals surface area contributed by atoms with Crippen LogP contribution in [-0.2, 0) is 0 Å². The van der Waals surface area contributed by atoms with Crippen LogP contribution in [-0.4, -0.2) is 21.2 Å². The van der Waals surface area contributed by atoms with E-state index in [-0.39, 0.29) is 6.54 Å². The topological polar surface area (TPSA) is 64.1 Å². The molecule has 2 rings (SSSR count). The normalized spacial score (nSPS) is 12.7. The number of benzene rings is 1. The molecule has 0 saturated heterocycles. The van der Waals surface area contributed by atoms with Gasteiger partial charge in [-0.15, -0.1) is 0 Å². The molecule has 0 bridgehead atoms. The minimum Gasteiger partial charge on any atom is -0.387 e. The fourth-order valence-electron chi connectivity index (χ4n) is 1.69. The van der Waals surface area contributed by atoms with E-state index in [0.29, 0.717) is 0 Å². The van der Waals surface area contributed by atoms with Gasteiger partial charge in [-0.2, -0.15) is 0 Å². The van der Waals surface area contributed by atoms with Crippen LogP contribution in [0.5, 0.6) is 0 Å². The number of aromatic nitrogens is 2. The summed E-state index contributed by atoms with van der Waals surface area (Å²) in [4.78, 5) is 4.18. The van der Waals surface area contributed by atoms with E-state index in [9.17, 15) is 5.11 Å². The van der Waals surface area contributed by atoms with Gasteiger partial charge in [-0.3, -0.25) is 0 Å². The van der Waals surface area contributed by atoms with Crippen molar-refractivity contribution in [2.75, 3.05) is 6.54 Å². The Bertz CT molecular complexity index is 524. The summed E-state index contributed by atoms with van der Waals surface area (Å²) in [5.41, 5.74) is 7.23. The molecule has 1 aromatic carbocycles. The zero-order chi connectivity index (χ0) is 12.4. The van der Waals surface area contributed by atoms with E-state index in [0.717, 1.165) is 21.5 Å². The van der Waals surface area contributed by atoms with E-state index >= 15 is 0 Å². The molecule has 1 atom stereocenters. The van der Waals surface area contributed by atoms with Crippen molar-refractivity contribution in [3.8, 4) is 5.69 Å². The quantitative estimate of drug-likeness (QED) is 0.909. The highest BCUT2D eigenvalue weighted by molar-refractivity contribution is 9.10. The molecule has 17 heavy (non-hydrogen) atoms. The largest absolute Gasteiger partial charge is 0.387 e.